The first kappa shape index (κ1) is 4.92. The van der Waals surface area contributed by atoms with Crippen LogP contribution in [-0.4, -0.2) is 13.7 Å². The van der Waals surface area contributed by atoms with Gasteiger partial charge in [-0.3, -0.25) is 0 Å². The van der Waals surface area contributed by atoms with E-state index in [-0.39, 0.29) is 0 Å². The van der Waals surface area contributed by atoms with Gasteiger partial charge in [-0.1, -0.05) is 0 Å². The van der Waals surface area contributed by atoms with Crippen molar-refractivity contribution in [3.63, 3.8) is 0 Å². The maximum Gasteiger partial charge on any atom is 0.0823 e. The second-order valence-corrected chi connectivity index (χ2v) is 0.489. The van der Waals surface area contributed by atoms with Gasteiger partial charge in [-0.25, -0.2) is 9.78 Å². The molecule has 0 heterocycles. The van der Waals surface area contributed by atoms with Gasteiger partial charge < -0.3 is 0 Å². The molecule has 0 saturated carbocycles. The van der Waals surface area contributed by atoms with E-state index < -0.39 is 0 Å². The summed E-state index contributed by atoms with van der Waals surface area (Å²) in [5.41, 5.74) is 0. The van der Waals surface area contributed by atoms with Gasteiger partial charge in [-0.2, -0.15) is 0 Å². The maximum atomic E-state index is 4.22. The fraction of sp³-hybridized carbons (Fsp3) is 0.667. The number of hydrogen-bond donors (Lipinski definition) is 0. The average molecular weight is 75.1 g/mol. The Labute approximate surface area is 31.6 Å². The largest absolute Gasteiger partial charge is 0.240 e. The normalized spacial score (nSPS) is 8.40. The topological polar surface area (TPSA) is 18.5 Å². The summed E-state index contributed by atoms with van der Waals surface area (Å²) in [4.78, 5) is 8.35. The van der Waals surface area contributed by atoms with Gasteiger partial charge in [0.1, 0.15) is 0 Å². The van der Waals surface area contributed by atoms with Gasteiger partial charge in [0.25, 0.3) is 0 Å². The SMILES string of the molecule is [CH2]COOC. The van der Waals surface area contributed by atoms with E-state index in [9.17, 15) is 0 Å². The highest BCUT2D eigenvalue weighted by Crippen LogP contribution is 1.64. The molecule has 0 fully saturated rings. The molecule has 31 valence electrons. The van der Waals surface area contributed by atoms with Gasteiger partial charge >= 0.3 is 0 Å². The summed E-state index contributed by atoms with van der Waals surface area (Å²) in [6.07, 6.45) is 0. The van der Waals surface area contributed by atoms with Crippen LogP contribution < -0.4 is 0 Å². The molecule has 0 aromatic carbocycles. The van der Waals surface area contributed by atoms with Gasteiger partial charge in [-0.05, 0) is 6.92 Å². The quantitative estimate of drug-likeness (QED) is 0.349. The number of hydrogen-bond acceptors (Lipinski definition) is 2. The first-order chi connectivity index (χ1) is 2.41. The Kier molecular flexibility index (Phi) is 3.86. The predicted molar refractivity (Wildman–Crippen MR) is 18.3 cm³/mol. The van der Waals surface area contributed by atoms with Crippen LogP contribution in [-0.2, 0) is 9.78 Å². The van der Waals surface area contributed by atoms with Gasteiger partial charge in [0.2, 0.25) is 0 Å². The molecular formula is C3H7O2. The minimum Gasteiger partial charge on any atom is -0.240 e. The molecule has 0 amide bonds. The molecule has 2 heteroatoms. The summed E-state index contributed by atoms with van der Waals surface area (Å²) in [7, 11) is 1.45. The average Bonchev–Trinajstić information content (AvgIpc) is 1.41. The van der Waals surface area contributed by atoms with Gasteiger partial charge in [0.15, 0.2) is 0 Å². The first-order valence-corrected chi connectivity index (χ1v) is 1.36. The third-order valence-corrected chi connectivity index (χ3v) is 0.201. The summed E-state index contributed by atoms with van der Waals surface area (Å²) in [6, 6.07) is 0. The third-order valence-electron chi connectivity index (χ3n) is 0.201. The summed E-state index contributed by atoms with van der Waals surface area (Å²) in [5, 5.41) is 0. The molecule has 0 spiro atoms. The van der Waals surface area contributed by atoms with Crippen molar-refractivity contribution < 1.29 is 9.78 Å². The Hall–Kier alpha value is -0.0800. The van der Waals surface area contributed by atoms with Crippen LogP contribution in [0.5, 0.6) is 0 Å². The second kappa shape index (κ2) is 3.92. The molecule has 0 saturated heterocycles. The second-order valence-electron chi connectivity index (χ2n) is 0.489. The fourth-order valence-electron chi connectivity index (χ4n) is 0.0833. The van der Waals surface area contributed by atoms with E-state index in [1.807, 2.05) is 0 Å². The Morgan fingerprint density at radius 1 is 1.80 bits per heavy atom. The molecule has 0 aromatic heterocycles. The molecule has 0 rings (SSSR count). The molecule has 0 aliphatic rings. The van der Waals surface area contributed by atoms with E-state index in [4.69, 9.17) is 0 Å². The third kappa shape index (κ3) is 3.92. The maximum absolute atomic E-state index is 4.22. The zero-order chi connectivity index (χ0) is 4.12. The van der Waals surface area contributed by atoms with Crippen LogP contribution in [0.4, 0.5) is 0 Å². The standard InChI is InChI=1S/C3H7O2/c1-3-5-4-2/h1,3H2,2H3. The van der Waals surface area contributed by atoms with E-state index in [1.165, 1.54) is 7.11 Å². The van der Waals surface area contributed by atoms with Crippen LogP contribution in [0.15, 0.2) is 0 Å². The highest BCUT2D eigenvalue weighted by molar-refractivity contribution is 4.19. The van der Waals surface area contributed by atoms with Crippen molar-refractivity contribution in [3.8, 4) is 0 Å². The highest BCUT2D eigenvalue weighted by Gasteiger charge is 1.63. The van der Waals surface area contributed by atoms with Gasteiger partial charge in [0, 0.05) is 0 Å². The Morgan fingerprint density at radius 2 is 2.40 bits per heavy atom. The van der Waals surface area contributed by atoms with E-state index in [0.29, 0.717) is 6.61 Å². The lowest BCUT2D eigenvalue weighted by atomic mass is 10.9. The van der Waals surface area contributed by atoms with E-state index >= 15 is 0 Å². The molecule has 0 unspecified atom stereocenters. The molecule has 0 aliphatic carbocycles. The first-order valence-electron chi connectivity index (χ1n) is 1.36. The van der Waals surface area contributed by atoms with Crippen molar-refractivity contribution in [2.24, 2.45) is 0 Å². The molecule has 0 aliphatic heterocycles. The van der Waals surface area contributed by atoms with Crippen molar-refractivity contribution in [2.75, 3.05) is 13.7 Å². The van der Waals surface area contributed by atoms with Crippen molar-refractivity contribution in [1.82, 2.24) is 0 Å². The summed E-state index contributed by atoms with van der Waals surface area (Å²) in [6.45, 7) is 3.70. The van der Waals surface area contributed by atoms with Crippen molar-refractivity contribution in [3.05, 3.63) is 6.92 Å². The van der Waals surface area contributed by atoms with Crippen LogP contribution in [0, 0.1) is 6.92 Å². The Morgan fingerprint density at radius 3 is 2.40 bits per heavy atom. The van der Waals surface area contributed by atoms with Gasteiger partial charge in [-0.15, -0.1) is 0 Å². The van der Waals surface area contributed by atoms with Crippen LogP contribution in [0.3, 0.4) is 0 Å². The van der Waals surface area contributed by atoms with E-state index in [2.05, 4.69) is 16.7 Å². The Bertz CT molecular complexity index is 12.4. The fourth-order valence-corrected chi connectivity index (χ4v) is 0.0833. The molecule has 5 heavy (non-hydrogen) atoms. The molecule has 0 atom stereocenters. The molecule has 0 aromatic rings. The minimum atomic E-state index is 0.372. The summed E-state index contributed by atoms with van der Waals surface area (Å²) in [5.74, 6) is 0. The number of rotatable bonds is 2. The monoisotopic (exact) mass is 75.0 g/mol. The molecule has 0 bridgehead atoms. The van der Waals surface area contributed by atoms with Gasteiger partial charge in [0.05, 0.1) is 13.7 Å². The zero-order valence-corrected chi connectivity index (χ0v) is 3.23. The van der Waals surface area contributed by atoms with Crippen LogP contribution in [0.1, 0.15) is 0 Å². The lowest BCUT2D eigenvalue weighted by Crippen LogP contribution is -1.83. The van der Waals surface area contributed by atoms with E-state index in [0.717, 1.165) is 0 Å². The molecular weight excluding hydrogens is 68.0 g/mol. The highest BCUT2D eigenvalue weighted by atomic mass is 17.2. The molecule has 2 nitrogen and oxygen atoms in total. The van der Waals surface area contributed by atoms with Crippen molar-refractivity contribution >= 4 is 0 Å². The van der Waals surface area contributed by atoms with Crippen LogP contribution in [0.25, 0.3) is 0 Å². The molecule has 1 radical (unpaired) electrons. The van der Waals surface area contributed by atoms with Crippen LogP contribution >= 0.6 is 0 Å². The zero-order valence-electron chi connectivity index (χ0n) is 3.23. The van der Waals surface area contributed by atoms with Crippen LogP contribution in [0.2, 0.25) is 0 Å². The van der Waals surface area contributed by atoms with Crippen molar-refractivity contribution in [2.45, 2.75) is 0 Å². The van der Waals surface area contributed by atoms with Crippen molar-refractivity contribution in [1.29, 1.82) is 0 Å². The lowest BCUT2D eigenvalue weighted by molar-refractivity contribution is -0.263. The smallest absolute Gasteiger partial charge is 0.0823 e. The summed E-state index contributed by atoms with van der Waals surface area (Å²) >= 11 is 0. The predicted octanol–water partition coefficient (Wildman–Crippen LogP) is 0.398. The minimum absolute atomic E-state index is 0.372. The Balaban J connectivity index is 2.19. The lowest BCUT2D eigenvalue weighted by Gasteiger charge is -1.86. The molecule has 0 N–H and O–H groups in total. The van der Waals surface area contributed by atoms with E-state index in [1.54, 1.807) is 0 Å². The summed E-state index contributed by atoms with van der Waals surface area (Å²) < 4.78 is 0.